The van der Waals surface area contributed by atoms with Gasteiger partial charge in [0.05, 0.1) is 24.8 Å². The maximum Gasteiger partial charge on any atom is 0.178 e. The summed E-state index contributed by atoms with van der Waals surface area (Å²) in [6.07, 6.45) is 3.51. The van der Waals surface area contributed by atoms with Gasteiger partial charge in [0.2, 0.25) is 0 Å². The van der Waals surface area contributed by atoms with E-state index in [0.29, 0.717) is 22.1 Å². The third-order valence-electron chi connectivity index (χ3n) is 3.24. The van der Waals surface area contributed by atoms with E-state index < -0.39 is 0 Å². The lowest BCUT2D eigenvalue weighted by Crippen LogP contribution is -2.25. The molecule has 0 saturated heterocycles. The largest absolute Gasteiger partial charge is 0.493 e. The van der Waals surface area contributed by atoms with E-state index in [1.165, 1.54) is 6.42 Å². The van der Waals surface area contributed by atoms with Crippen LogP contribution in [0.3, 0.4) is 0 Å². The van der Waals surface area contributed by atoms with Crippen LogP contribution in [0.1, 0.15) is 29.6 Å². The first-order chi connectivity index (χ1) is 9.15. The van der Waals surface area contributed by atoms with Crippen molar-refractivity contribution >= 4 is 17.4 Å². The molecule has 1 aromatic carbocycles. The van der Waals surface area contributed by atoms with Gasteiger partial charge in [-0.25, -0.2) is 0 Å². The van der Waals surface area contributed by atoms with Crippen molar-refractivity contribution in [3.63, 3.8) is 0 Å². The Bertz CT molecular complexity index is 472. The number of carbonyl (C=O) groups excluding carboxylic acids is 1. The maximum absolute atomic E-state index is 11.9. The molecule has 0 bridgehead atoms. The van der Waals surface area contributed by atoms with Gasteiger partial charge in [-0.1, -0.05) is 11.6 Å². The molecule has 1 fully saturated rings. The van der Waals surface area contributed by atoms with Crippen molar-refractivity contribution in [1.29, 1.82) is 0 Å². The number of hydrogen-bond acceptors (Lipinski definition) is 4. The summed E-state index contributed by atoms with van der Waals surface area (Å²) in [5.74, 6) is 1.10. The highest BCUT2D eigenvalue weighted by atomic mass is 35.5. The number of carbonyl (C=O) groups is 1. The summed E-state index contributed by atoms with van der Waals surface area (Å²) in [4.78, 5) is 11.9. The Labute approximate surface area is 118 Å². The molecule has 0 spiro atoms. The minimum Gasteiger partial charge on any atom is -0.493 e. The summed E-state index contributed by atoms with van der Waals surface area (Å²) in [6.45, 7) is 0.245. The fraction of sp³-hybridized carbons (Fsp3) is 0.500. The Kier molecular flexibility index (Phi) is 4.66. The summed E-state index contributed by atoms with van der Waals surface area (Å²) < 4.78 is 11.1. The monoisotopic (exact) mass is 283 g/mol. The van der Waals surface area contributed by atoms with E-state index in [-0.39, 0.29) is 18.4 Å². The molecule has 0 aliphatic heterocycles. The third-order valence-corrected chi connectivity index (χ3v) is 3.55. The molecule has 1 aromatic rings. The zero-order valence-corrected chi connectivity index (χ0v) is 11.9. The Morgan fingerprint density at radius 1 is 1.42 bits per heavy atom. The number of ketones is 1. The number of nitrogens with one attached hydrogen (secondary N) is 1. The maximum atomic E-state index is 11.9. The second kappa shape index (κ2) is 6.26. The molecule has 104 valence electrons. The van der Waals surface area contributed by atoms with Gasteiger partial charge in [0.1, 0.15) is 0 Å². The number of benzene rings is 1. The SMILES string of the molecule is CNCC(=O)c1cc(OC2CCC2)c(OC)cc1Cl. The number of ether oxygens (including phenoxy) is 2. The van der Waals surface area contributed by atoms with Gasteiger partial charge in [-0.2, -0.15) is 0 Å². The third kappa shape index (κ3) is 3.19. The Morgan fingerprint density at radius 2 is 2.16 bits per heavy atom. The molecule has 2 rings (SSSR count). The molecule has 1 aliphatic rings. The first-order valence-corrected chi connectivity index (χ1v) is 6.75. The smallest absolute Gasteiger partial charge is 0.178 e. The van der Waals surface area contributed by atoms with Gasteiger partial charge < -0.3 is 14.8 Å². The lowest BCUT2D eigenvalue weighted by molar-refractivity contribution is 0.0989. The summed E-state index contributed by atoms with van der Waals surface area (Å²) in [5, 5.41) is 3.21. The summed E-state index contributed by atoms with van der Waals surface area (Å²) in [5.41, 5.74) is 0.464. The van der Waals surface area contributed by atoms with E-state index in [9.17, 15) is 4.79 Å². The summed E-state index contributed by atoms with van der Waals surface area (Å²) >= 11 is 6.11. The van der Waals surface area contributed by atoms with Crippen LogP contribution in [0.25, 0.3) is 0 Å². The molecule has 0 unspecified atom stereocenters. The lowest BCUT2D eigenvalue weighted by Gasteiger charge is -2.27. The molecule has 0 atom stereocenters. The van der Waals surface area contributed by atoms with E-state index in [4.69, 9.17) is 21.1 Å². The number of methoxy groups -OCH3 is 1. The number of rotatable bonds is 6. The zero-order valence-electron chi connectivity index (χ0n) is 11.2. The molecule has 1 saturated carbocycles. The molecule has 19 heavy (non-hydrogen) atoms. The topological polar surface area (TPSA) is 47.6 Å². The second-order valence-electron chi connectivity index (χ2n) is 4.61. The summed E-state index contributed by atoms with van der Waals surface area (Å²) in [7, 11) is 3.29. The standard InChI is InChI=1S/C14H18ClNO3/c1-16-8-12(17)10-6-14(19-9-4-3-5-9)13(18-2)7-11(10)15/h6-7,9,16H,3-5,8H2,1-2H3. The first-order valence-electron chi connectivity index (χ1n) is 6.37. The Balaban J connectivity index is 2.28. The van der Waals surface area contributed by atoms with Crippen LogP contribution in [0.5, 0.6) is 11.5 Å². The van der Waals surface area contributed by atoms with Crippen LogP contribution >= 0.6 is 11.6 Å². The van der Waals surface area contributed by atoms with Crippen molar-refractivity contribution < 1.29 is 14.3 Å². The molecule has 1 N–H and O–H groups in total. The molecular weight excluding hydrogens is 266 g/mol. The average molecular weight is 284 g/mol. The molecule has 0 heterocycles. The van der Waals surface area contributed by atoms with Crippen LogP contribution in [0, 0.1) is 0 Å². The number of hydrogen-bond donors (Lipinski definition) is 1. The van der Waals surface area contributed by atoms with Gasteiger partial charge in [-0.05, 0) is 32.4 Å². The summed E-state index contributed by atoms with van der Waals surface area (Å²) in [6, 6.07) is 3.32. The number of Topliss-reactive ketones (excluding diaryl/α,β-unsaturated/α-hetero) is 1. The van der Waals surface area contributed by atoms with E-state index in [1.807, 2.05) is 0 Å². The van der Waals surface area contributed by atoms with Crippen molar-refractivity contribution in [2.24, 2.45) is 0 Å². The highest BCUT2D eigenvalue weighted by Gasteiger charge is 2.22. The Hall–Kier alpha value is -1.26. The molecular formula is C14H18ClNO3. The lowest BCUT2D eigenvalue weighted by atomic mass is 9.96. The van der Waals surface area contributed by atoms with Gasteiger partial charge in [0.15, 0.2) is 17.3 Å². The van der Waals surface area contributed by atoms with Crippen molar-refractivity contribution in [2.45, 2.75) is 25.4 Å². The second-order valence-corrected chi connectivity index (χ2v) is 5.01. The van der Waals surface area contributed by atoms with Crippen molar-refractivity contribution in [3.8, 4) is 11.5 Å². The van der Waals surface area contributed by atoms with E-state index in [0.717, 1.165) is 12.8 Å². The fourth-order valence-electron chi connectivity index (χ4n) is 1.92. The van der Waals surface area contributed by atoms with Crippen molar-refractivity contribution in [3.05, 3.63) is 22.7 Å². The van der Waals surface area contributed by atoms with Crippen LogP contribution in [-0.4, -0.2) is 32.6 Å². The van der Waals surface area contributed by atoms with Gasteiger partial charge in [-0.15, -0.1) is 0 Å². The number of halogens is 1. The minimum absolute atomic E-state index is 0.0615. The highest BCUT2D eigenvalue weighted by molar-refractivity contribution is 6.34. The predicted octanol–water partition coefficient (Wildman–Crippen LogP) is 2.68. The molecule has 5 heteroatoms. The Morgan fingerprint density at radius 3 is 2.68 bits per heavy atom. The van der Waals surface area contributed by atoms with Gasteiger partial charge >= 0.3 is 0 Å². The van der Waals surface area contributed by atoms with E-state index in [1.54, 1.807) is 26.3 Å². The van der Waals surface area contributed by atoms with Crippen LogP contribution in [0.2, 0.25) is 5.02 Å². The quantitative estimate of drug-likeness (QED) is 0.816. The molecule has 0 amide bonds. The van der Waals surface area contributed by atoms with Crippen LogP contribution < -0.4 is 14.8 Å². The van der Waals surface area contributed by atoms with Crippen LogP contribution in [-0.2, 0) is 0 Å². The first kappa shape index (κ1) is 14.2. The normalized spacial score (nSPS) is 14.9. The van der Waals surface area contributed by atoms with Gasteiger partial charge in [0, 0.05) is 11.6 Å². The fourth-order valence-corrected chi connectivity index (χ4v) is 2.18. The molecule has 0 aromatic heterocycles. The van der Waals surface area contributed by atoms with Crippen molar-refractivity contribution in [1.82, 2.24) is 5.32 Å². The minimum atomic E-state index is -0.0615. The van der Waals surface area contributed by atoms with Crippen LogP contribution in [0.15, 0.2) is 12.1 Å². The molecule has 0 radical (unpaired) electrons. The molecule has 1 aliphatic carbocycles. The van der Waals surface area contributed by atoms with E-state index >= 15 is 0 Å². The predicted molar refractivity (Wildman–Crippen MR) is 74.5 cm³/mol. The van der Waals surface area contributed by atoms with Gasteiger partial charge in [-0.3, -0.25) is 4.79 Å². The van der Waals surface area contributed by atoms with Gasteiger partial charge in [0.25, 0.3) is 0 Å². The van der Waals surface area contributed by atoms with Crippen LogP contribution in [0.4, 0.5) is 0 Å². The van der Waals surface area contributed by atoms with E-state index in [2.05, 4.69) is 5.32 Å². The highest BCUT2D eigenvalue weighted by Crippen LogP contribution is 2.36. The zero-order chi connectivity index (χ0) is 13.8. The average Bonchev–Trinajstić information content (AvgIpc) is 2.34. The van der Waals surface area contributed by atoms with Crippen molar-refractivity contribution in [2.75, 3.05) is 20.7 Å². The number of likely N-dealkylation sites (N-methyl/N-ethyl adjacent to an activating group) is 1. The molecule has 4 nitrogen and oxygen atoms in total.